The van der Waals surface area contributed by atoms with Crippen molar-refractivity contribution in [1.82, 2.24) is 4.90 Å². The van der Waals surface area contributed by atoms with Crippen LogP contribution in [0.4, 0.5) is 0 Å². The fraction of sp³-hybridized carbons (Fsp3) is 0.909. The quantitative estimate of drug-likeness (QED) is 0.609. The highest BCUT2D eigenvalue weighted by Gasteiger charge is 2.53. The molecule has 0 amide bonds. The van der Waals surface area contributed by atoms with Crippen LogP contribution in [0.15, 0.2) is 0 Å². The highest BCUT2D eigenvalue weighted by atomic mass is 16.1. The second-order valence-corrected chi connectivity index (χ2v) is 5.17. The molecule has 0 bridgehead atoms. The Morgan fingerprint density at radius 3 is 2.31 bits per heavy atom. The Morgan fingerprint density at radius 2 is 1.77 bits per heavy atom. The molecule has 2 heteroatoms. The third-order valence-electron chi connectivity index (χ3n) is 4.06. The first-order chi connectivity index (χ1) is 6.27. The molecule has 2 nitrogen and oxygen atoms in total. The van der Waals surface area contributed by atoms with Gasteiger partial charge in [-0.25, -0.2) is 0 Å². The van der Waals surface area contributed by atoms with Crippen LogP contribution in [0.3, 0.4) is 0 Å². The molecular weight excluding hydrogens is 162 g/mol. The first-order valence-corrected chi connectivity index (χ1v) is 5.53. The third kappa shape index (κ3) is 1.32. The number of hydrogen-bond donors (Lipinski definition) is 0. The van der Waals surface area contributed by atoms with Gasteiger partial charge < -0.3 is 0 Å². The Labute approximate surface area is 79.3 Å². The van der Waals surface area contributed by atoms with Crippen molar-refractivity contribution < 1.29 is 4.79 Å². The van der Waals surface area contributed by atoms with Crippen molar-refractivity contribution in [3.63, 3.8) is 0 Å². The molecule has 3 fully saturated rings. The van der Waals surface area contributed by atoms with Gasteiger partial charge in [-0.2, -0.15) is 0 Å². The molecule has 1 heterocycles. The average Bonchev–Trinajstić information content (AvgIpc) is 2.83. The molecule has 2 aliphatic carbocycles. The Morgan fingerprint density at radius 1 is 1.15 bits per heavy atom. The lowest BCUT2D eigenvalue weighted by atomic mass is 9.87. The van der Waals surface area contributed by atoms with E-state index in [1.54, 1.807) is 0 Å². The second kappa shape index (κ2) is 2.57. The summed E-state index contributed by atoms with van der Waals surface area (Å²) < 4.78 is 0. The summed E-state index contributed by atoms with van der Waals surface area (Å²) in [7, 11) is 0. The smallest absolute Gasteiger partial charge is 0.133 e. The van der Waals surface area contributed by atoms with E-state index in [2.05, 4.69) is 4.90 Å². The summed E-state index contributed by atoms with van der Waals surface area (Å²) in [6.07, 6.45) is 6.89. The lowest BCUT2D eigenvalue weighted by Crippen LogP contribution is -2.54. The van der Waals surface area contributed by atoms with E-state index in [-0.39, 0.29) is 0 Å². The first-order valence-electron chi connectivity index (χ1n) is 5.53. The predicted octanol–water partition coefficient (Wildman–Crippen LogP) is 1.59. The average molecular weight is 179 g/mol. The van der Waals surface area contributed by atoms with Gasteiger partial charge in [-0.15, -0.1) is 0 Å². The standard InChI is InChI=1S/C11H17NO/c13-10-3-1-9(2-4-10)12-7-11(8-12)5-6-11/h9H,1-8H2. The minimum atomic E-state index is 0.484. The van der Waals surface area contributed by atoms with Crippen LogP contribution in [0.25, 0.3) is 0 Å². The van der Waals surface area contributed by atoms with Gasteiger partial charge in [0.05, 0.1) is 0 Å². The zero-order valence-corrected chi connectivity index (χ0v) is 8.09. The second-order valence-electron chi connectivity index (χ2n) is 5.17. The van der Waals surface area contributed by atoms with Gasteiger partial charge in [0.25, 0.3) is 0 Å². The minimum absolute atomic E-state index is 0.484. The molecule has 1 saturated heterocycles. The van der Waals surface area contributed by atoms with E-state index < -0.39 is 0 Å². The molecule has 2 saturated carbocycles. The van der Waals surface area contributed by atoms with Crippen molar-refractivity contribution in [1.29, 1.82) is 0 Å². The van der Waals surface area contributed by atoms with E-state index >= 15 is 0 Å². The summed E-state index contributed by atoms with van der Waals surface area (Å²) in [6.45, 7) is 2.68. The van der Waals surface area contributed by atoms with Crippen molar-refractivity contribution >= 4 is 5.78 Å². The van der Waals surface area contributed by atoms with E-state index in [1.807, 2.05) is 0 Å². The molecule has 0 radical (unpaired) electrons. The van der Waals surface area contributed by atoms with Gasteiger partial charge in [0, 0.05) is 32.0 Å². The van der Waals surface area contributed by atoms with E-state index in [9.17, 15) is 4.79 Å². The van der Waals surface area contributed by atoms with Crippen molar-refractivity contribution in [2.45, 2.75) is 44.6 Å². The van der Waals surface area contributed by atoms with Gasteiger partial charge in [-0.1, -0.05) is 0 Å². The summed E-state index contributed by atoms with van der Waals surface area (Å²) in [5.41, 5.74) is 0.779. The SMILES string of the molecule is O=C1CCC(N2CC3(CC3)C2)CC1. The summed E-state index contributed by atoms with van der Waals surface area (Å²) in [5, 5.41) is 0. The first kappa shape index (κ1) is 7.98. The van der Waals surface area contributed by atoms with Crippen molar-refractivity contribution in [3.05, 3.63) is 0 Å². The van der Waals surface area contributed by atoms with E-state index in [0.29, 0.717) is 5.78 Å². The normalized spacial score (nSPS) is 33.4. The number of likely N-dealkylation sites (tertiary alicyclic amines) is 1. The van der Waals surface area contributed by atoms with Crippen LogP contribution >= 0.6 is 0 Å². The van der Waals surface area contributed by atoms with Gasteiger partial charge in [0.2, 0.25) is 0 Å². The Kier molecular flexibility index (Phi) is 1.58. The van der Waals surface area contributed by atoms with Crippen molar-refractivity contribution in [3.8, 4) is 0 Å². The Balaban J connectivity index is 1.53. The molecule has 0 aromatic heterocycles. The maximum absolute atomic E-state index is 11.1. The van der Waals surface area contributed by atoms with Crippen LogP contribution in [0.2, 0.25) is 0 Å². The van der Waals surface area contributed by atoms with E-state index in [4.69, 9.17) is 0 Å². The molecule has 72 valence electrons. The fourth-order valence-corrected chi connectivity index (χ4v) is 2.86. The zero-order valence-electron chi connectivity index (χ0n) is 8.09. The molecule has 3 rings (SSSR count). The lowest BCUT2D eigenvalue weighted by Gasteiger charge is -2.46. The number of nitrogens with zero attached hydrogens (tertiary/aromatic N) is 1. The Bertz CT molecular complexity index is 226. The highest BCUT2D eigenvalue weighted by Crippen LogP contribution is 2.54. The third-order valence-corrected chi connectivity index (χ3v) is 4.06. The summed E-state index contributed by atoms with van der Waals surface area (Å²) in [5.74, 6) is 0.484. The molecule has 3 aliphatic rings. The lowest BCUT2D eigenvalue weighted by molar-refractivity contribution is -0.122. The number of rotatable bonds is 1. The molecule has 1 spiro atoms. The number of hydrogen-bond acceptors (Lipinski definition) is 2. The summed E-state index contributed by atoms with van der Waals surface area (Å²) >= 11 is 0. The van der Waals surface area contributed by atoms with Gasteiger partial charge >= 0.3 is 0 Å². The topological polar surface area (TPSA) is 20.3 Å². The molecule has 0 aromatic carbocycles. The monoisotopic (exact) mass is 179 g/mol. The highest BCUT2D eigenvalue weighted by molar-refractivity contribution is 5.79. The number of ketones is 1. The molecule has 0 N–H and O–H groups in total. The minimum Gasteiger partial charge on any atom is -0.300 e. The maximum Gasteiger partial charge on any atom is 0.133 e. The van der Waals surface area contributed by atoms with Crippen LogP contribution in [0.5, 0.6) is 0 Å². The largest absolute Gasteiger partial charge is 0.300 e. The molecule has 1 aliphatic heterocycles. The molecule has 0 atom stereocenters. The molecule has 0 unspecified atom stereocenters. The van der Waals surface area contributed by atoms with Gasteiger partial charge in [-0.05, 0) is 31.1 Å². The summed E-state index contributed by atoms with van der Waals surface area (Å²) in [6, 6.07) is 0.754. The van der Waals surface area contributed by atoms with E-state index in [0.717, 1.165) is 37.1 Å². The van der Waals surface area contributed by atoms with Crippen LogP contribution in [0.1, 0.15) is 38.5 Å². The van der Waals surface area contributed by atoms with Gasteiger partial charge in [-0.3, -0.25) is 9.69 Å². The summed E-state index contributed by atoms with van der Waals surface area (Å²) in [4.78, 5) is 13.7. The number of carbonyl (C=O) groups is 1. The van der Waals surface area contributed by atoms with Crippen LogP contribution in [0, 0.1) is 5.41 Å². The molecular formula is C11H17NO. The maximum atomic E-state index is 11.1. The Hall–Kier alpha value is -0.370. The molecule has 13 heavy (non-hydrogen) atoms. The van der Waals surface area contributed by atoms with Crippen LogP contribution in [-0.2, 0) is 4.79 Å². The van der Waals surface area contributed by atoms with Crippen molar-refractivity contribution in [2.24, 2.45) is 5.41 Å². The number of carbonyl (C=O) groups excluding carboxylic acids is 1. The zero-order chi connectivity index (χ0) is 8.89. The predicted molar refractivity (Wildman–Crippen MR) is 50.5 cm³/mol. The van der Waals surface area contributed by atoms with Gasteiger partial charge in [0.1, 0.15) is 5.78 Å². The number of Topliss-reactive ketones (excluding diaryl/α,β-unsaturated/α-hetero) is 1. The van der Waals surface area contributed by atoms with Crippen molar-refractivity contribution in [2.75, 3.05) is 13.1 Å². The van der Waals surface area contributed by atoms with Crippen LogP contribution in [-0.4, -0.2) is 29.8 Å². The van der Waals surface area contributed by atoms with Gasteiger partial charge in [0.15, 0.2) is 0 Å². The van der Waals surface area contributed by atoms with Crippen LogP contribution < -0.4 is 0 Å². The van der Waals surface area contributed by atoms with E-state index in [1.165, 1.54) is 25.9 Å². The molecule has 0 aromatic rings. The fourth-order valence-electron chi connectivity index (χ4n) is 2.86.